The topological polar surface area (TPSA) is 40.6 Å². The Morgan fingerprint density at radius 1 is 1.08 bits per heavy atom. The molecule has 0 unspecified atom stereocenters. The summed E-state index contributed by atoms with van der Waals surface area (Å²) >= 11 is 0. The van der Waals surface area contributed by atoms with Gasteiger partial charge in [-0.2, -0.15) is 13.2 Å². The SMILES string of the molecule is CC(=O)N1CC[C@@]2(CCCN(C(=O)c3ccc(C)c(C(F)(F)F)c3)C2)C1. The first-order valence-corrected chi connectivity index (χ1v) is 8.84. The lowest BCUT2D eigenvalue weighted by atomic mass is 9.79. The van der Waals surface area contributed by atoms with Crippen molar-refractivity contribution in [3.8, 4) is 0 Å². The standard InChI is InChI=1S/C19H23F3N2O2/c1-13-4-5-15(10-16(13)19(20,21)22)17(26)24-8-3-6-18(12-24)7-9-23(11-18)14(2)25/h4-5,10H,3,6-9,11-12H2,1-2H3/t18-/m0/s1. The number of hydrogen-bond acceptors (Lipinski definition) is 2. The molecule has 1 aromatic carbocycles. The van der Waals surface area contributed by atoms with E-state index < -0.39 is 11.7 Å². The summed E-state index contributed by atoms with van der Waals surface area (Å²) in [6.07, 6.45) is -1.91. The van der Waals surface area contributed by atoms with Crippen LogP contribution in [0.4, 0.5) is 13.2 Å². The van der Waals surface area contributed by atoms with Gasteiger partial charge in [-0.3, -0.25) is 9.59 Å². The van der Waals surface area contributed by atoms with Gasteiger partial charge in [0.15, 0.2) is 0 Å². The number of rotatable bonds is 1. The lowest BCUT2D eigenvalue weighted by molar-refractivity contribution is -0.138. The number of benzene rings is 1. The summed E-state index contributed by atoms with van der Waals surface area (Å²) in [5, 5.41) is 0. The maximum atomic E-state index is 13.1. The minimum atomic E-state index is -4.48. The second-order valence-electron chi connectivity index (χ2n) is 7.55. The van der Waals surface area contributed by atoms with Gasteiger partial charge < -0.3 is 9.80 Å². The summed E-state index contributed by atoms with van der Waals surface area (Å²) in [5.74, 6) is -0.338. The Hall–Kier alpha value is -2.05. The fourth-order valence-electron chi connectivity index (χ4n) is 4.16. The summed E-state index contributed by atoms with van der Waals surface area (Å²) in [4.78, 5) is 27.9. The van der Waals surface area contributed by atoms with Crippen LogP contribution in [0.2, 0.25) is 0 Å². The summed E-state index contributed by atoms with van der Waals surface area (Å²) < 4.78 is 39.4. The third kappa shape index (κ3) is 3.57. The molecule has 0 N–H and O–H groups in total. The van der Waals surface area contributed by atoms with Gasteiger partial charge >= 0.3 is 6.18 Å². The smallest absolute Gasteiger partial charge is 0.342 e. The second kappa shape index (κ2) is 6.59. The van der Waals surface area contributed by atoms with E-state index in [0.29, 0.717) is 26.2 Å². The molecule has 7 heteroatoms. The first-order chi connectivity index (χ1) is 12.1. The summed E-state index contributed by atoms with van der Waals surface area (Å²) in [7, 11) is 0. The number of hydrogen-bond donors (Lipinski definition) is 0. The molecule has 2 saturated heterocycles. The first-order valence-electron chi connectivity index (χ1n) is 8.84. The van der Waals surface area contributed by atoms with E-state index in [1.165, 1.54) is 26.0 Å². The van der Waals surface area contributed by atoms with Gasteiger partial charge in [0.25, 0.3) is 5.91 Å². The predicted octanol–water partition coefficient (Wildman–Crippen LogP) is 3.49. The molecular weight excluding hydrogens is 345 g/mol. The van der Waals surface area contributed by atoms with Gasteiger partial charge in [0.05, 0.1) is 5.56 Å². The number of carbonyl (C=O) groups excluding carboxylic acids is 2. The van der Waals surface area contributed by atoms with Crippen molar-refractivity contribution in [1.29, 1.82) is 0 Å². The molecule has 0 radical (unpaired) electrons. The van der Waals surface area contributed by atoms with E-state index in [0.717, 1.165) is 25.3 Å². The average molecular weight is 368 g/mol. The minimum Gasteiger partial charge on any atom is -0.342 e. The highest BCUT2D eigenvalue weighted by Crippen LogP contribution is 2.39. The molecule has 0 bridgehead atoms. The van der Waals surface area contributed by atoms with Gasteiger partial charge in [-0.05, 0) is 43.9 Å². The van der Waals surface area contributed by atoms with Crippen molar-refractivity contribution in [2.45, 2.75) is 39.3 Å². The molecule has 2 aliphatic heterocycles. The van der Waals surface area contributed by atoms with Crippen LogP contribution in [-0.4, -0.2) is 47.8 Å². The molecule has 26 heavy (non-hydrogen) atoms. The van der Waals surface area contributed by atoms with Gasteiger partial charge in [0, 0.05) is 44.1 Å². The summed E-state index contributed by atoms with van der Waals surface area (Å²) in [5.41, 5.74) is -0.714. The van der Waals surface area contributed by atoms with Gasteiger partial charge in [-0.1, -0.05) is 6.07 Å². The fourth-order valence-corrected chi connectivity index (χ4v) is 4.16. The van der Waals surface area contributed by atoms with Crippen molar-refractivity contribution in [3.63, 3.8) is 0 Å². The highest BCUT2D eigenvalue weighted by molar-refractivity contribution is 5.94. The minimum absolute atomic E-state index is 0.0266. The molecular formula is C19H23F3N2O2. The predicted molar refractivity (Wildman–Crippen MR) is 90.6 cm³/mol. The van der Waals surface area contributed by atoms with Crippen LogP contribution in [0, 0.1) is 12.3 Å². The summed E-state index contributed by atoms with van der Waals surface area (Å²) in [6.45, 7) is 5.26. The lowest BCUT2D eigenvalue weighted by Gasteiger charge is -2.40. The maximum absolute atomic E-state index is 13.1. The number of piperidine rings is 1. The van der Waals surface area contributed by atoms with Gasteiger partial charge in [0.2, 0.25) is 5.91 Å². The maximum Gasteiger partial charge on any atom is 0.416 e. The van der Waals surface area contributed by atoms with Crippen LogP contribution < -0.4 is 0 Å². The van der Waals surface area contributed by atoms with Crippen LogP contribution >= 0.6 is 0 Å². The highest BCUT2D eigenvalue weighted by Gasteiger charge is 2.43. The lowest BCUT2D eigenvalue weighted by Crippen LogP contribution is -2.47. The monoisotopic (exact) mass is 368 g/mol. The van der Waals surface area contributed by atoms with Crippen LogP contribution in [-0.2, 0) is 11.0 Å². The highest BCUT2D eigenvalue weighted by atomic mass is 19.4. The zero-order chi connectivity index (χ0) is 19.1. The molecule has 2 fully saturated rings. The van der Waals surface area contributed by atoms with E-state index in [1.54, 1.807) is 9.80 Å². The molecule has 2 amide bonds. The number of amides is 2. The Balaban J connectivity index is 1.79. The third-order valence-electron chi connectivity index (χ3n) is 5.62. The normalized spacial score (nSPS) is 23.6. The number of carbonyl (C=O) groups is 2. The molecule has 1 spiro atoms. The molecule has 4 nitrogen and oxygen atoms in total. The van der Waals surface area contributed by atoms with Gasteiger partial charge in [0.1, 0.15) is 0 Å². The van der Waals surface area contributed by atoms with Crippen LogP contribution in [0.3, 0.4) is 0 Å². The quantitative estimate of drug-likeness (QED) is 0.761. The summed E-state index contributed by atoms with van der Waals surface area (Å²) in [6, 6.07) is 3.77. The molecule has 0 aliphatic carbocycles. The number of nitrogens with zero attached hydrogens (tertiary/aromatic N) is 2. The number of halogens is 3. The van der Waals surface area contributed by atoms with E-state index in [-0.39, 0.29) is 28.4 Å². The van der Waals surface area contributed by atoms with Crippen LogP contribution in [0.1, 0.15) is 47.7 Å². The zero-order valence-corrected chi connectivity index (χ0v) is 15.0. The van der Waals surface area contributed by atoms with Gasteiger partial charge in [-0.25, -0.2) is 0 Å². The Kier molecular flexibility index (Phi) is 4.75. The van der Waals surface area contributed by atoms with Gasteiger partial charge in [-0.15, -0.1) is 0 Å². The Morgan fingerprint density at radius 2 is 1.77 bits per heavy atom. The van der Waals surface area contributed by atoms with E-state index in [1.807, 2.05) is 0 Å². The Bertz CT molecular complexity index is 732. The van der Waals surface area contributed by atoms with Crippen LogP contribution in [0.15, 0.2) is 18.2 Å². The molecule has 142 valence electrons. The largest absolute Gasteiger partial charge is 0.416 e. The molecule has 2 aliphatic rings. The number of alkyl halides is 3. The van der Waals surface area contributed by atoms with Crippen LogP contribution in [0.25, 0.3) is 0 Å². The zero-order valence-electron chi connectivity index (χ0n) is 15.0. The van der Waals surface area contributed by atoms with Crippen LogP contribution in [0.5, 0.6) is 0 Å². The molecule has 1 atom stereocenters. The number of likely N-dealkylation sites (tertiary alicyclic amines) is 2. The molecule has 0 aromatic heterocycles. The molecule has 0 saturated carbocycles. The third-order valence-corrected chi connectivity index (χ3v) is 5.62. The van der Waals surface area contributed by atoms with Crippen molar-refractivity contribution in [3.05, 3.63) is 34.9 Å². The average Bonchev–Trinajstić information content (AvgIpc) is 2.97. The van der Waals surface area contributed by atoms with E-state index in [2.05, 4.69) is 0 Å². The van der Waals surface area contributed by atoms with Crippen molar-refractivity contribution >= 4 is 11.8 Å². The molecule has 1 aromatic rings. The van der Waals surface area contributed by atoms with Crippen molar-refractivity contribution in [1.82, 2.24) is 9.80 Å². The Morgan fingerprint density at radius 3 is 2.38 bits per heavy atom. The fraction of sp³-hybridized carbons (Fsp3) is 0.579. The van der Waals surface area contributed by atoms with E-state index in [4.69, 9.17) is 0 Å². The van der Waals surface area contributed by atoms with Crippen molar-refractivity contribution in [2.75, 3.05) is 26.2 Å². The van der Waals surface area contributed by atoms with Crippen molar-refractivity contribution in [2.24, 2.45) is 5.41 Å². The number of aryl methyl sites for hydroxylation is 1. The Labute approximate surface area is 151 Å². The molecule has 3 rings (SSSR count). The van der Waals surface area contributed by atoms with E-state index in [9.17, 15) is 22.8 Å². The van der Waals surface area contributed by atoms with Crippen molar-refractivity contribution < 1.29 is 22.8 Å². The molecule has 2 heterocycles. The van der Waals surface area contributed by atoms with E-state index >= 15 is 0 Å². The second-order valence-corrected chi connectivity index (χ2v) is 7.55. The first kappa shape index (κ1) is 18.7.